The Balaban J connectivity index is 0.000000234. The van der Waals surface area contributed by atoms with Crippen molar-refractivity contribution in [2.45, 2.75) is 50.6 Å². The third kappa shape index (κ3) is 8.37. The van der Waals surface area contributed by atoms with Crippen LogP contribution < -0.4 is 0 Å². The number of aryl methyl sites for hydroxylation is 2. The Morgan fingerprint density at radius 3 is 1.97 bits per heavy atom. The van der Waals surface area contributed by atoms with E-state index in [1.165, 1.54) is 14.9 Å². The number of rotatable bonds is 7. The fraction of sp³-hybridized carbons (Fsp3) is 0.368. The first-order valence-electron chi connectivity index (χ1n) is 8.71. The van der Waals surface area contributed by atoms with Gasteiger partial charge in [0, 0.05) is 29.3 Å². The van der Waals surface area contributed by atoms with Gasteiger partial charge in [-0.1, -0.05) is 42.1 Å². The summed E-state index contributed by atoms with van der Waals surface area (Å²) in [6.07, 6.45) is -1.41. The van der Waals surface area contributed by atoms with E-state index in [4.69, 9.17) is 0 Å². The molecule has 158 valence electrons. The SMILES string of the molecule is Cc1cn(CC(F)F)nc1I.Cc1cn(CC(F)F)nc1SCc1ccccc1. The smallest absolute Gasteiger partial charge is 0.257 e. The molecular formula is C19H21F4IN4S. The van der Waals surface area contributed by atoms with Gasteiger partial charge in [-0.3, -0.25) is 9.36 Å². The summed E-state index contributed by atoms with van der Waals surface area (Å²) >= 11 is 3.59. The van der Waals surface area contributed by atoms with Crippen molar-refractivity contribution >= 4 is 34.4 Å². The lowest BCUT2D eigenvalue weighted by atomic mass is 10.2. The molecule has 0 aliphatic rings. The van der Waals surface area contributed by atoms with E-state index in [0.717, 1.165) is 25.6 Å². The lowest BCUT2D eigenvalue weighted by Crippen LogP contribution is -2.06. The van der Waals surface area contributed by atoms with Crippen LogP contribution in [0.25, 0.3) is 0 Å². The van der Waals surface area contributed by atoms with Gasteiger partial charge >= 0.3 is 0 Å². The molecule has 0 radical (unpaired) electrons. The number of halogens is 5. The van der Waals surface area contributed by atoms with Crippen LogP contribution in [-0.4, -0.2) is 32.4 Å². The molecule has 2 heterocycles. The molecule has 3 rings (SSSR count). The first-order valence-corrected chi connectivity index (χ1v) is 10.8. The highest BCUT2D eigenvalue weighted by Gasteiger charge is 2.10. The third-order valence-electron chi connectivity index (χ3n) is 3.65. The summed E-state index contributed by atoms with van der Waals surface area (Å²) in [5, 5.41) is 8.86. The monoisotopic (exact) mass is 540 g/mol. The van der Waals surface area contributed by atoms with E-state index in [0.29, 0.717) is 0 Å². The molecule has 0 spiro atoms. The van der Waals surface area contributed by atoms with Crippen LogP contribution in [0.5, 0.6) is 0 Å². The molecule has 0 atom stereocenters. The summed E-state index contributed by atoms with van der Waals surface area (Å²) in [7, 11) is 0. The van der Waals surface area contributed by atoms with Crippen LogP contribution in [0.3, 0.4) is 0 Å². The topological polar surface area (TPSA) is 35.6 Å². The highest BCUT2D eigenvalue weighted by molar-refractivity contribution is 14.1. The Labute approximate surface area is 184 Å². The predicted octanol–water partition coefficient (Wildman–Crippen LogP) is 5.81. The number of nitrogens with zero attached hydrogens (tertiary/aromatic N) is 4. The first-order chi connectivity index (χ1) is 13.7. The van der Waals surface area contributed by atoms with E-state index in [1.807, 2.05) is 66.8 Å². The van der Waals surface area contributed by atoms with Crippen LogP contribution in [0.4, 0.5) is 17.6 Å². The summed E-state index contributed by atoms with van der Waals surface area (Å²) in [5.41, 5.74) is 3.08. The Morgan fingerprint density at radius 1 is 0.897 bits per heavy atom. The van der Waals surface area contributed by atoms with Crippen LogP contribution in [-0.2, 0) is 18.8 Å². The molecule has 29 heavy (non-hydrogen) atoms. The van der Waals surface area contributed by atoms with Crippen LogP contribution in [0.15, 0.2) is 47.8 Å². The molecule has 1 aromatic carbocycles. The second-order valence-corrected chi connectivity index (χ2v) is 8.21. The number of benzene rings is 1. The average molecular weight is 540 g/mol. The number of alkyl halides is 4. The quantitative estimate of drug-likeness (QED) is 0.216. The van der Waals surface area contributed by atoms with Gasteiger partial charge in [-0.25, -0.2) is 17.6 Å². The molecule has 0 aliphatic carbocycles. The van der Waals surface area contributed by atoms with E-state index in [1.54, 1.807) is 24.2 Å². The van der Waals surface area contributed by atoms with Gasteiger partial charge < -0.3 is 0 Å². The molecule has 0 saturated carbocycles. The third-order valence-corrected chi connectivity index (χ3v) is 5.87. The zero-order chi connectivity index (χ0) is 21.4. The van der Waals surface area contributed by atoms with Crippen molar-refractivity contribution in [3.8, 4) is 0 Å². The number of hydrogen-bond acceptors (Lipinski definition) is 3. The van der Waals surface area contributed by atoms with E-state index in [2.05, 4.69) is 10.2 Å². The average Bonchev–Trinajstić information content (AvgIpc) is 3.14. The van der Waals surface area contributed by atoms with Crippen molar-refractivity contribution in [2.24, 2.45) is 0 Å². The van der Waals surface area contributed by atoms with Crippen LogP contribution in [0, 0.1) is 17.5 Å². The molecule has 0 bridgehead atoms. The van der Waals surface area contributed by atoms with Gasteiger partial charge in [-0.2, -0.15) is 10.2 Å². The van der Waals surface area contributed by atoms with Gasteiger partial charge in [0.05, 0.1) is 0 Å². The highest BCUT2D eigenvalue weighted by Crippen LogP contribution is 2.24. The van der Waals surface area contributed by atoms with Crippen molar-refractivity contribution in [3.63, 3.8) is 0 Å². The van der Waals surface area contributed by atoms with E-state index in [9.17, 15) is 17.6 Å². The minimum Gasteiger partial charge on any atom is -0.266 e. The summed E-state index contributed by atoms with van der Waals surface area (Å²) in [6, 6.07) is 10.0. The molecule has 0 fully saturated rings. The largest absolute Gasteiger partial charge is 0.266 e. The Morgan fingerprint density at radius 2 is 1.45 bits per heavy atom. The number of hydrogen-bond donors (Lipinski definition) is 0. The Bertz CT molecular complexity index is 864. The van der Waals surface area contributed by atoms with Crippen molar-refractivity contribution < 1.29 is 17.6 Å². The second-order valence-electron chi connectivity index (χ2n) is 6.22. The minimum absolute atomic E-state index is 0.316. The maximum atomic E-state index is 12.2. The Kier molecular flexibility index (Phi) is 9.47. The van der Waals surface area contributed by atoms with Gasteiger partial charge in [0.1, 0.15) is 21.8 Å². The summed E-state index contributed by atoms with van der Waals surface area (Å²) in [4.78, 5) is 0. The van der Waals surface area contributed by atoms with E-state index >= 15 is 0 Å². The molecule has 0 N–H and O–H groups in total. The molecule has 0 aliphatic heterocycles. The van der Waals surface area contributed by atoms with Gasteiger partial charge in [0.15, 0.2) is 0 Å². The predicted molar refractivity (Wildman–Crippen MR) is 115 cm³/mol. The maximum Gasteiger partial charge on any atom is 0.257 e. The molecular weight excluding hydrogens is 519 g/mol. The number of aromatic nitrogens is 4. The van der Waals surface area contributed by atoms with Crippen molar-refractivity contribution in [3.05, 3.63) is 63.1 Å². The van der Waals surface area contributed by atoms with Gasteiger partial charge in [0.25, 0.3) is 12.9 Å². The van der Waals surface area contributed by atoms with Crippen LogP contribution in [0.2, 0.25) is 0 Å². The first kappa shape index (κ1) is 23.7. The van der Waals surface area contributed by atoms with Gasteiger partial charge in [-0.15, -0.1) is 0 Å². The molecule has 0 unspecified atom stereocenters. The molecule has 0 saturated heterocycles. The van der Waals surface area contributed by atoms with Crippen LogP contribution >= 0.6 is 34.4 Å². The minimum atomic E-state index is -2.36. The fourth-order valence-electron chi connectivity index (χ4n) is 2.34. The molecule has 2 aromatic heterocycles. The highest BCUT2D eigenvalue weighted by atomic mass is 127. The van der Waals surface area contributed by atoms with Gasteiger partial charge in [0.2, 0.25) is 0 Å². The molecule has 10 heteroatoms. The number of thioether (sulfide) groups is 1. The van der Waals surface area contributed by atoms with E-state index in [-0.39, 0.29) is 13.1 Å². The van der Waals surface area contributed by atoms with Crippen molar-refractivity contribution in [1.29, 1.82) is 0 Å². The van der Waals surface area contributed by atoms with E-state index < -0.39 is 12.9 Å². The normalized spacial score (nSPS) is 11.1. The zero-order valence-electron chi connectivity index (χ0n) is 15.9. The fourth-order valence-corrected chi connectivity index (χ4v) is 3.69. The lowest BCUT2D eigenvalue weighted by Gasteiger charge is -2.00. The van der Waals surface area contributed by atoms with Crippen LogP contribution in [0.1, 0.15) is 16.7 Å². The zero-order valence-corrected chi connectivity index (χ0v) is 18.9. The maximum absolute atomic E-state index is 12.2. The molecule has 0 amide bonds. The van der Waals surface area contributed by atoms with Crippen molar-refractivity contribution in [2.75, 3.05) is 0 Å². The molecule has 3 aromatic rings. The Hall–Kier alpha value is -1.56. The lowest BCUT2D eigenvalue weighted by molar-refractivity contribution is 0.121. The summed E-state index contributed by atoms with van der Waals surface area (Å²) < 4.78 is 51.4. The van der Waals surface area contributed by atoms with Crippen molar-refractivity contribution in [1.82, 2.24) is 19.6 Å². The van der Waals surface area contributed by atoms with Gasteiger partial charge in [-0.05, 0) is 42.0 Å². The molecule has 4 nitrogen and oxygen atoms in total. The second kappa shape index (κ2) is 11.6. The standard InChI is InChI=1S/C13H14F2N2S.C6H7F2IN2/c1-10-7-17(8-12(14)15)16-13(10)18-9-11-5-3-2-4-6-11;1-4-2-11(3-5(7)8)10-6(4)9/h2-7,12H,8-9H2,1H3;2,5H,3H2,1H3. The summed E-state index contributed by atoms with van der Waals surface area (Å²) in [5.74, 6) is 0.799. The summed E-state index contributed by atoms with van der Waals surface area (Å²) in [6.45, 7) is 3.08.